The van der Waals surface area contributed by atoms with Gasteiger partial charge in [0.1, 0.15) is 11.9 Å². The van der Waals surface area contributed by atoms with Crippen LogP contribution in [0.2, 0.25) is 0 Å². The Morgan fingerprint density at radius 3 is 2.64 bits per heavy atom. The van der Waals surface area contributed by atoms with E-state index in [0.29, 0.717) is 37.3 Å². The van der Waals surface area contributed by atoms with Crippen molar-refractivity contribution >= 4 is 5.91 Å². The first-order chi connectivity index (χ1) is 15.6. The lowest BCUT2D eigenvalue weighted by molar-refractivity contribution is -0.132. The topological polar surface area (TPSA) is 105 Å². The van der Waals surface area contributed by atoms with Gasteiger partial charge in [0.25, 0.3) is 5.92 Å². The van der Waals surface area contributed by atoms with Crippen LogP contribution in [-0.2, 0) is 11.2 Å². The maximum atomic E-state index is 13.8. The summed E-state index contributed by atoms with van der Waals surface area (Å²) >= 11 is 0. The highest BCUT2D eigenvalue weighted by Gasteiger charge is 2.36. The normalized spacial score (nSPS) is 19.1. The first kappa shape index (κ1) is 24.8. The summed E-state index contributed by atoms with van der Waals surface area (Å²) in [7, 11) is 0. The van der Waals surface area contributed by atoms with E-state index in [9.17, 15) is 18.0 Å². The van der Waals surface area contributed by atoms with Gasteiger partial charge in [-0.15, -0.1) is 0 Å². The number of carbonyl (C=O) groups excluding carboxylic acids is 1. The van der Waals surface area contributed by atoms with Crippen LogP contribution in [0.5, 0.6) is 0 Å². The van der Waals surface area contributed by atoms with E-state index < -0.39 is 17.7 Å². The summed E-state index contributed by atoms with van der Waals surface area (Å²) in [5.41, 5.74) is 6.65. The van der Waals surface area contributed by atoms with Crippen molar-refractivity contribution in [1.29, 1.82) is 0 Å². The van der Waals surface area contributed by atoms with Gasteiger partial charge in [0, 0.05) is 31.8 Å². The van der Waals surface area contributed by atoms with Gasteiger partial charge in [-0.25, -0.2) is 4.39 Å². The molecule has 0 spiro atoms. The van der Waals surface area contributed by atoms with Gasteiger partial charge in [-0.05, 0) is 43.7 Å². The molecule has 1 saturated carbocycles. The smallest absolute Gasteiger partial charge is 0.300 e. The van der Waals surface area contributed by atoms with Crippen LogP contribution < -0.4 is 5.73 Å². The number of halogens is 3. The molecule has 1 aromatic heterocycles. The summed E-state index contributed by atoms with van der Waals surface area (Å²) < 4.78 is 42.2. The molecule has 1 saturated heterocycles. The number of amides is 1. The molecule has 7 nitrogen and oxygen atoms in total. The van der Waals surface area contributed by atoms with Crippen LogP contribution in [0.4, 0.5) is 13.2 Å². The van der Waals surface area contributed by atoms with Gasteiger partial charge in [-0.3, -0.25) is 4.79 Å². The SMILES string of the molecule is C=C(O)C(C)(F)F.NC(CC(=O)N1CCC[C@H]1c1nc(C2CC2)no1)Cc1ccccc1F. The molecule has 1 unspecified atom stereocenters. The quantitative estimate of drug-likeness (QED) is 0.585. The molecule has 2 heterocycles. The Kier molecular flexibility index (Phi) is 7.78. The van der Waals surface area contributed by atoms with Crippen molar-refractivity contribution in [2.24, 2.45) is 5.73 Å². The van der Waals surface area contributed by atoms with Crippen LogP contribution in [0, 0.1) is 5.82 Å². The summed E-state index contributed by atoms with van der Waals surface area (Å²) in [6.07, 6.45) is 4.45. The first-order valence-electron chi connectivity index (χ1n) is 10.9. The van der Waals surface area contributed by atoms with Crippen molar-refractivity contribution in [3.05, 3.63) is 59.7 Å². The minimum Gasteiger partial charge on any atom is -0.507 e. The third kappa shape index (κ3) is 6.80. The van der Waals surface area contributed by atoms with Crippen LogP contribution in [0.15, 0.2) is 41.1 Å². The van der Waals surface area contributed by atoms with E-state index in [4.69, 9.17) is 15.4 Å². The number of aliphatic hydroxyl groups is 1. The van der Waals surface area contributed by atoms with E-state index in [0.717, 1.165) is 31.5 Å². The predicted molar refractivity (Wildman–Crippen MR) is 115 cm³/mol. The van der Waals surface area contributed by atoms with Crippen molar-refractivity contribution in [3.63, 3.8) is 0 Å². The molecule has 2 fully saturated rings. The Morgan fingerprint density at radius 1 is 1.36 bits per heavy atom. The van der Waals surface area contributed by atoms with E-state index in [-0.39, 0.29) is 24.2 Å². The number of benzene rings is 1. The van der Waals surface area contributed by atoms with Crippen LogP contribution >= 0.6 is 0 Å². The molecule has 180 valence electrons. The summed E-state index contributed by atoms with van der Waals surface area (Å²) in [6, 6.07) is 5.94. The Balaban J connectivity index is 0.000000383. The van der Waals surface area contributed by atoms with E-state index in [1.165, 1.54) is 6.07 Å². The Labute approximate surface area is 190 Å². The third-order valence-electron chi connectivity index (χ3n) is 5.64. The highest BCUT2D eigenvalue weighted by Crippen LogP contribution is 2.39. The van der Waals surface area contributed by atoms with E-state index in [2.05, 4.69) is 16.7 Å². The molecule has 2 aromatic rings. The maximum Gasteiger partial charge on any atom is 0.300 e. The number of aliphatic hydroxyl groups excluding tert-OH is 1. The molecule has 1 amide bonds. The van der Waals surface area contributed by atoms with Gasteiger partial charge in [0.2, 0.25) is 11.8 Å². The minimum atomic E-state index is -3.14. The second-order valence-electron chi connectivity index (χ2n) is 8.61. The number of likely N-dealkylation sites (tertiary alicyclic amines) is 1. The van der Waals surface area contributed by atoms with E-state index in [1.54, 1.807) is 23.1 Å². The molecule has 2 aliphatic rings. The number of hydrogen-bond acceptors (Lipinski definition) is 6. The summed E-state index contributed by atoms with van der Waals surface area (Å²) in [5.74, 6) is -2.84. The molecule has 2 atom stereocenters. The lowest BCUT2D eigenvalue weighted by Gasteiger charge is -2.23. The van der Waals surface area contributed by atoms with Crippen molar-refractivity contribution in [3.8, 4) is 0 Å². The van der Waals surface area contributed by atoms with Gasteiger partial charge >= 0.3 is 0 Å². The van der Waals surface area contributed by atoms with Gasteiger partial charge in [0.05, 0.1) is 0 Å². The van der Waals surface area contributed by atoms with Gasteiger partial charge in [0.15, 0.2) is 11.6 Å². The van der Waals surface area contributed by atoms with Crippen molar-refractivity contribution in [2.75, 3.05) is 6.54 Å². The number of allylic oxidation sites excluding steroid dienone is 1. The highest BCUT2D eigenvalue weighted by molar-refractivity contribution is 5.77. The fourth-order valence-electron chi connectivity index (χ4n) is 3.57. The molecular weight excluding hydrogens is 437 g/mol. The number of carbonyl (C=O) groups is 1. The predicted octanol–water partition coefficient (Wildman–Crippen LogP) is 4.42. The third-order valence-corrected chi connectivity index (χ3v) is 5.64. The highest BCUT2D eigenvalue weighted by atomic mass is 19.3. The van der Waals surface area contributed by atoms with Crippen molar-refractivity contribution < 1.29 is 27.6 Å². The monoisotopic (exact) mass is 466 g/mol. The fourth-order valence-corrected chi connectivity index (χ4v) is 3.57. The molecule has 1 aromatic carbocycles. The van der Waals surface area contributed by atoms with Crippen molar-refractivity contribution in [1.82, 2.24) is 15.0 Å². The summed E-state index contributed by atoms with van der Waals surface area (Å²) in [5, 5.41) is 12.0. The summed E-state index contributed by atoms with van der Waals surface area (Å²) in [4.78, 5) is 19.0. The summed E-state index contributed by atoms with van der Waals surface area (Å²) in [6.45, 7) is 3.87. The van der Waals surface area contributed by atoms with Gasteiger partial charge < -0.3 is 20.3 Å². The zero-order chi connectivity index (χ0) is 24.2. The van der Waals surface area contributed by atoms with Crippen LogP contribution in [0.3, 0.4) is 0 Å². The molecule has 33 heavy (non-hydrogen) atoms. The average Bonchev–Trinajstić information content (AvgIpc) is 3.26. The first-order valence-corrected chi connectivity index (χ1v) is 10.9. The number of hydrogen-bond donors (Lipinski definition) is 2. The molecule has 1 aliphatic heterocycles. The molecule has 1 aliphatic carbocycles. The standard InChI is InChI=1S/C19H23FN4O2.C4H6F2O/c20-15-5-2-1-4-13(15)10-14(21)11-17(25)24-9-3-6-16(24)19-22-18(23-26-19)12-7-8-12;1-3(7)4(2,5)6/h1-2,4-5,12,14,16H,3,6-11,21H2;7H,1H2,2H3/t14?,16-;/m0./s1. The number of alkyl halides is 2. The van der Waals surface area contributed by atoms with Crippen molar-refractivity contribution in [2.45, 2.75) is 69.4 Å². The van der Waals surface area contributed by atoms with Gasteiger partial charge in [-0.1, -0.05) is 29.9 Å². The Morgan fingerprint density at radius 2 is 2.03 bits per heavy atom. The Bertz CT molecular complexity index is 972. The van der Waals surface area contributed by atoms with E-state index in [1.807, 2.05) is 0 Å². The number of aromatic nitrogens is 2. The largest absolute Gasteiger partial charge is 0.507 e. The van der Waals surface area contributed by atoms with Crippen LogP contribution in [-0.4, -0.2) is 44.6 Å². The molecule has 4 rings (SSSR count). The zero-order valence-corrected chi connectivity index (χ0v) is 18.5. The van der Waals surface area contributed by atoms with Gasteiger partial charge in [-0.2, -0.15) is 13.8 Å². The number of nitrogens with zero attached hydrogens (tertiary/aromatic N) is 3. The lowest BCUT2D eigenvalue weighted by Crippen LogP contribution is -2.36. The average molecular weight is 467 g/mol. The Hall–Kier alpha value is -2.88. The second kappa shape index (κ2) is 10.4. The molecule has 10 heteroatoms. The number of nitrogens with two attached hydrogens (primary N) is 1. The minimum absolute atomic E-state index is 0.0393. The maximum absolute atomic E-state index is 13.8. The second-order valence-corrected chi connectivity index (χ2v) is 8.61. The number of rotatable bonds is 7. The van der Waals surface area contributed by atoms with Crippen LogP contribution in [0.25, 0.3) is 0 Å². The lowest BCUT2D eigenvalue weighted by atomic mass is 10.0. The molecular formula is C23H29F3N4O3. The molecule has 0 bridgehead atoms. The molecule has 3 N–H and O–H groups in total. The molecule has 0 radical (unpaired) electrons. The van der Waals surface area contributed by atoms with E-state index >= 15 is 0 Å². The zero-order valence-electron chi connectivity index (χ0n) is 18.5. The van der Waals surface area contributed by atoms with Crippen LogP contribution in [0.1, 0.15) is 68.3 Å². The fraction of sp³-hybridized carbons (Fsp3) is 0.522.